The summed E-state index contributed by atoms with van der Waals surface area (Å²) in [5.41, 5.74) is 7.79. The lowest BCUT2D eigenvalue weighted by atomic mass is 9.82. The van der Waals surface area contributed by atoms with Crippen molar-refractivity contribution in [3.05, 3.63) is 24.3 Å². The number of hydrogen-bond acceptors (Lipinski definition) is 3. The van der Waals surface area contributed by atoms with E-state index in [1.807, 2.05) is 23.1 Å². The Bertz CT molecular complexity index is 476. The van der Waals surface area contributed by atoms with Gasteiger partial charge in [-0.25, -0.2) is 0 Å². The summed E-state index contributed by atoms with van der Waals surface area (Å²) in [6.07, 6.45) is 4.56. The molecule has 20 heavy (non-hydrogen) atoms. The van der Waals surface area contributed by atoms with Crippen molar-refractivity contribution in [2.75, 3.05) is 36.8 Å². The summed E-state index contributed by atoms with van der Waals surface area (Å²) in [6.45, 7) is 3.47. The quantitative estimate of drug-likeness (QED) is 0.858. The summed E-state index contributed by atoms with van der Waals surface area (Å²) < 4.78 is 0. The van der Waals surface area contributed by atoms with E-state index in [9.17, 15) is 4.79 Å². The van der Waals surface area contributed by atoms with Crippen LogP contribution in [0.15, 0.2) is 24.3 Å². The van der Waals surface area contributed by atoms with Crippen LogP contribution in [0.2, 0.25) is 0 Å². The molecule has 1 aromatic rings. The lowest BCUT2D eigenvalue weighted by Gasteiger charge is -2.37. The fourth-order valence-corrected chi connectivity index (χ4v) is 3.01. The smallest absolute Gasteiger partial charge is 0.222 e. The van der Waals surface area contributed by atoms with E-state index in [4.69, 9.17) is 5.73 Å². The predicted molar refractivity (Wildman–Crippen MR) is 81.6 cm³/mol. The molecule has 2 aliphatic rings. The van der Waals surface area contributed by atoms with Crippen LogP contribution in [0.3, 0.4) is 0 Å². The van der Waals surface area contributed by atoms with Crippen molar-refractivity contribution >= 4 is 17.3 Å². The highest BCUT2D eigenvalue weighted by molar-refractivity contribution is 5.77. The SMILES string of the molecule is Nc1cccc(N2CCN(C(=O)CC3CCC3)CC2)c1. The van der Waals surface area contributed by atoms with Crippen LogP contribution in [-0.2, 0) is 4.79 Å². The summed E-state index contributed by atoms with van der Waals surface area (Å²) >= 11 is 0. The van der Waals surface area contributed by atoms with Gasteiger partial charge in [0.1, 0.15) is 0 Å². The Morgan fingerprint density at radius 2 is 1.95 bits per heavy atom. The molecule has 0 unspecified atom stereocenters. The fourth-order valence-electron chi connectivity index (χ4n) is 3.01. The van der Waals surface area contributed by atoms with Crippen molar-refractivity contribution < 1.29 is 4.79 Å². The number of benzene rings is 1. The van der Waals surface area contributed by atoms with Gasteiger partial charge >= 0.3 is 0 Å². The van der Waals surface area contributed by atoms with Crippen molar-refractivity contribution in [3.63, 3.8) is 0 Å². The normalized spacial score (nSPS) is 19.8. The molecular weight excluding hydrogens is 250 g/mol. The summed E-state index contributed by atoms with van der Waals surface area (Å²) in [4.78, 5) is 16.5. The molecule has 1 heterocycles. The van der Waals surface area contributed by atoms with Crippen molar-refractivity contribution in [2.24, 2.45) is 5.92 Å². The van der Waals surface area contributed by atoms with Gasteiger partial charge < -0.3 is 15.5 Å². The Balaban J connectivity index is 1.52. The van der Waals surface area contributed by atoms with Gasteiger partial charge in [-0.1, -0.05) is 12.5 Å². The van der Waals surface area contributed by atoms with Gasteiger partial charge in [-0.3, -0.25) is 4.79 Å². The summed E-state index contributed by atoms with van der Waals surface area (Å²) in [5, 5.41) is 0. The van der Waals surface area contributed by atoms with E-state index in [2.05, 4.69) is 11.0 Å². The first-order valence-electron chi connectivity index (χ1n) is 7.60. The van der Waals surface area contributed by atoms with Crippen molar-refractivity contribution in [1.29, 1.82) is 0 Å². The molecule has 1 saturated heterocycles. The molecule has 1 aliphatic carbocycles. The van der Waals surface area contributed by atoms with Crippen LogP contribution in [0.1, 0.15) is 25.7 Å². The average Bonchev–Trinajstić information content (AvgIpc) is 2.43. The van der Waals surface area contributed by atoms with E-state index in [1.54, 1.807) is 0 Å². The second-order valence-corrected chi connectivity index (χ2v) is 5.96. The molecule has 0 bridgehead atoms. The molecule has 4 heteroatoms. The molecule has 1 aliphatic heterocycles. The largest absolute Gasteiger partial charge is 0.399 e. The van der Waals surface area contributed by atoms with Crippen LogP contribution in [0, 0.1) is 5.92 Å². The monoisotopic (exact) mass is 273 g/mol. The highest BCUT2D eigenvalue weighted by Crippen LogP contribution is 2.30. The molecule has 108 valence electrons. The molecule has 0 aromatic heterocycles. The van der Waals surface area contributed by atoms with Crippen LogP contribution in [0.4, 0.5) is 11.4 Å². The van der Waals surface area contributed by atoms with Gasteiger partial charge in [0.25, 0.3) is 0 Å². The molecule has 2 fully saturated rings. The lowest BCUT2D eigenvalue weighted by molar-refractivity contribution is -0.133. The van der Waals surface area contributed by atoms with Crippen LogP contribution in [-0.4, -0.2) is 37.0 Å². The number of piperazine rings is 1. The van der Waals surface area contributed by atoms with Crippen LogP contribution in [0.25, 0.3) is 0 Å². The molecule has 3 rings (SSSR count). The number of anilines is 2. The number of nitrogen functional groups attached to an aromatic ring is 1. The zero-order valence-electron chi connectivity index (χ0n) is 11.9. The third-order valence-electron chi connectivity index (χ3n) is 4.56. The lowest BCUT2D eigenvalue weighted by Crippen LogP contribution is -2.49. The van der Waals surface area contributed by atoms with Crippen molar-refractivity contribution in [2.45, 2.75) is 25.7 Å². The molecule has 0 radical (unpaired) electrons. The highest BCUT2D eigenvalue weighted by Gasteiger charge is 2.26. The highest BCUT2D eigenvalue weighted by atomic mass is 16.2. The molecule has 4 nitrogen and oxygen atoms in total. The summed E-state index contributed by atoms with van der Waals surface area (Å²) in [6, 6.07) is 7.98. The minimum Gasteiger partial charge on any atom is -0.399 e. The summed E-state index contributed by atoms with van der Waals surface area (Å²) in [7, 11) is 0. The molecule has 2 N–H and O–H groups in total. The van der Waals surface area contributed by atoms with E-state index < -0.39 is 0 Å². The first-order chi connectivity index (χ1) is 9.72. The number of carbonyl (C=O) groups excluding carboxylic acids is 1. The van der Waals surface area contributed by atoms with Gasteiger partial charge in [-0.15, -0.1) is 0 Å². The first kappa shape index (κ1) is 13.3. The Morgan fingerprint density at radius 3 is 2.55 bits per heavy atom. The minimum atomic E-state index is 0.349. The maximum atomic E-state index is 12.2. The van der Waals surface area contributed by atoms with Crippen LogP contribution in [0.5, 0.6) is 0 Å². The number of amides is 1. The predicted octanol–water partition coefficient (Wildman–Crippen LogP) is 2.11. The average molecular weight is 273 g/mol. The van der Waals surface area contributed by atoms with Crippen molar-refractivity contribution in [1.82, 2.24) is 4.90 Å². The number of hydrogen-bond donors (Lipinski definition) is 1. The molecule has 1 aromatic carbocycles. The Kier molecular flexibility index (Phi) is 3.81. The van der Waals surface area contributed by atoms with Gasteiger partial charge in [0.15, 0.2) is 0 Å². The maximum Gasteiger partial charge on any atom is 0.222 e. The fraction of sp³-hybridized carbons (Fsp3) is 0.562. The maximum absolute atomic E-state index is 12.2. The van der Waals surface area contributed by atoms with Crippen LogP contribution >= 0.6 is 0 Å². The van der Waals surface area contributed by atoms with Gasteiger partial charge in [-0.05, 0) is 37.0 Å². The van der Waals surface area contributed by atoms with E-state index in [0.717, 1.165) is 44.0 Å². The second-order valence-electron chi connectivity index (χ2n) is 5.96. The standard InChI is InChI=1S/C16H23N3O/c17-14-5-2-6-15(12-14)18-7-9-19(10-8-18)16(20)11-13-3-1-4-13/h2,5-6,12-13H,1,3-4,7-11,17H2. The van der Waals surface area contributed by atoms with Gasteiger partial charge in [0.05, 0.1) is 0 Å². The van der Waals surface area contributed by atoms with Gasteiger partial charge in [0.2, 0.25) is 5.91 Å². The first-order valence-corrected chi connectivity index (χ1v) is 7.60. The number of carbonyl (C=O) groups is 1. The Morgan fingerprint density at radius 1 is 1.20 bits per heavy atom. The van der Waals surface area contributed by atoms with Crippen LogP contribution < -0.4 is 10.6 Å². The van der Waals surface area contributed by atoms with Crippen molar-refractivity contribution in [3.8, 4) is 0 Å². The molecule has 0 atom stereocenters. The number of nitrogens with zero attached hydrogens (tertiary/aromatic N) is 2. The zero-order valence-corrected chi connectivity index (χ0v) is 11.9. The number of nitrogens with two attached hydrogens (primary N) is 1. The third kappa shape index (κ3) is 2.89. The molecular formula is C16H23N3O. The minimum absolute atomic E-state index is 0.349. The Hall–Kier alpha value is -1.71. The third-order valence-corrected chi connectivity index (χ3v) is 4.56. The van der Waals surface area contributed by atoms with Gasteiger partial charge in [0, 0.05) is 44.0 Å². The van der Waals surface area contributed by atoms with E-state index in [-0.39, 0.29) is 0 Å². The van der Waals surface area contributed by atoms with E-state index >= 15 is 0 Å². The Labute approximate surface area is 120 Å². The topological polar surface area (TPSA) is 49.6 Å². The second kappa shape index (κ2) is 5.73. The van der Waals surface area contributed by atoms with Gasteiger partial charge in [-0.2, -0.15) is 0 Å². The number of rotatable bonds is 3. The molecule has 0 spiro atoms. The van der Waals surface area contributed by atoms with E-state index in [1.165, 1.54) is 19.3 Å². The molecule has 1 amide bonds. The molecule has 1 saturated carbocycles. The summed E-state index contributed by atoms with van der Waals surface area (Å²) in [5.74, 6) is 1.01. The zero-order chi connectivity index (χ0) is 13.9. The van der Waals surface area contributed by atoms with E-state index in [0.29, 0.717) is 11.8 Å².